The minimum absolute atomic E-state index is 0.346. The Balaban J connectivity index is 1.30. The first-order valence-corrected chi connectivity index (χ1v) is 13.5. The number of ether oxygens (including phenoxy) is 1. The Morgan fingerprint density at radius 3 is 2.42 bits per heavy atom. The summed E-state index contributed by atoms with van der Waals surface area (Å²) >= 11 is 0. The summed E-state index contributed by atoms with van der Waals surface area (Å²) in [5, 5.41) is 7.93. The molecule has 192 valence electrons. The van der Waals surface area contributed by atoms with Gasteiger partial charge in [0.15, 0.2) is 0 Å². The molecule has 0 saturated carbocycles. The summed E-state index contributed by atoms with van der Waals surface area (Å²) in [4.78, 5) is 10.0. The Bertz CT molecular complexity index is 2210. The predicted octanol–water partition coefficient (Wildman–Crippen LogP) is 8.44. The van der Waals surface area contributed by atoms with Gasteiger partial charge in [-0.25, -0.2) is 9.67 Å². The minimum atomic E-state index is 0.346. The van der Waals surface area contributed by atoms with Gasteiger partial charge >= 0.3 is 0 Å². The number of pyridine rings is 2. The van der Waals surface area contributed by atoms with Crippen molar-refractivity contribution in [1.29, 1.82) is 0 Å². The number of hydrogen-bond donors (Lipinski definition) is 0. The Hall–Kier alpha value is -5.23. The van der Waals surface area contributed by atoms with E-state index in [2.05, 4.69) is 66.8 Å². The monoisotopic (exact) mass is 519 g/mol. The van der Waals surface area contributed by atoms with Crippen LogP contribution in [0, 0.1) is 0 Å². The smallest absolute Gasteiger partial charge is 0.148 e. The average molecular weight is 520 g/mol. The number of hydrogen-bond acceptors (Lipinski definition) is 4. The van der Waals surface area contributed by atoms with Crippen LogP contribution in [0.4, 0.5) is 0 Å². The maximum Gasteiger partial charge on any atom is 0.148 e. The van der Waals surface area contributed by atoms with Crippen molar-refractivity contribution in [3.63, 3.8) is 0 Å². The van der Waals surface area contributed by atoms with Crippen LogP contribution in [0.1, 0.15) is 25.3 Å². The molecule has 0 unspecified atom stereocenters. The Kier molecular flexibility index (Phi) is 4.91. The first-order valence-electron chi connectivity index (χ1n) is 13.5. The summed E-state index contributed by atoms with van der Waals surface area (Å²) in [7, 11) is 0. The normalized spacial score (nSPS) is 12.0. The molecule has 8 aromatic rings. The van der Waals surface area contributed by atoms with Crippen LogP contribution in [-0.4, -0.2) is 24.1 Å². The number of aromatic nitrogens is 5. The van der Waals surface area contributed by atoms with Crippen molar-refractivity contribution in [3.8, 4) is 17.2 Å². The fourth-order valence-corrected chi connectivity index (χ4v) is 5.73. The van der Waals surface area contributed by atoms with E-state index in [1.54, 1.807) is 0 Å². The molecule has 0 aliphatic rings. The number of para-hydroxylation sites is 2. The van der Waals surface area contributed by atoms with E-state index in [-0.39, 0.29) is 0 Å². The van der Waals surface area contributed by atoms with Crippen LogP contribution in [0.5, 0.6) is 11.5 Å². The molecule has 8 rings (SSSR count). The van der Waals surface area contributed by atoms with E-state index in [4.69, 9.17) is 19.8 Å². The van der Waals surface area contributed by atoms with E-state index >= 15 is 0 Å². The van der Waals surface area contributed by atoms with Gasteiger partial charge in [-0.15, -0.1) is 0 Å². The molecule has 0 bridgehead atoms. The molecule has 40 heavy (non-hydrogen) atoms. The van der Waals surface area contributed by atoms with Crippen molar-refractivity contribution in [2.45, 2.75) is 19.8 Å². The number of rotatable bonds is 4. The van der Waals surface area contributed by atoms with Gasteiger partial charge in [-0.2, -0.15) is 5.10 Å². The van der Waals surface area contributed by atoms with Gasteiger partial charge in [0.2, 0.25) is 0 Å². The van der Waals surface area contributed by atoms with Crippen molar-refractivity contribution in [1.82, 2.24) is 24.1 Å². The second kappa shape index (κ2) is 8.64. The summed E-state index contributed by atoms with van der Waals surface area (Å²) in [6, 6.07) is 32.9. The summed E-state index contributed by atoms with van der Waals surface area (Å²) in [6.07, 6.45) is 3.84. The Morgan fingerprint density at radius 1 is 0.750 bits per heavy atom. The molecule has 0 spiro atoms. The molecule has 0 fully saturated rings. The minimum Gasteiger partial charge on any atom is -0.456 e. The highest BCUT2D eigenvalue weighted by Gasteiger charge is 2.18. The number of benzene rings is 4. The van der Waals surface area contributed by atoms with Crippen LogP contribution in [0.2, 0.25) is 0 Å². The van der Waals surface area contributed by atoms with Gasteiger partial charge in [0.1, 0.15) is 17.1 Å². The molecule has 0 aliphatic carbocycles. The predicted molar refractivity (Wildman–Crippen MR) is 161 cm³/mol. The quantitative estimate of drug-likeness (QED) is 0.219. The zero-order chi connectivity index (χ0) is 26.8. The molecule has 6 heteroatoms. The van der Waals surface area contributed by atoms with E-state index < -0.39 is 0 Å². The number of nitrogens with zero attached hydrogens (tertiary/aromatic N) is 5. The second-order valence-corrected chi connectivity index (χ2v) is 10.5. The molecule has 4 aromatic carbocycles. The number of fused-ring (bicyclic) bond motifs is 9. The third-order valence-electron chi connectivity index (χ3n) is 7.57. The fraction of sp³-hybridized carbons (Fsp3) is 0.0882. The van der Waals surface area contributed by atoms with Crippen molar-refractivity contribution < 1.29 is 4.74 Å². The highest BCUT2D eigenvalue weighted by atomic mass is 16.5. The molecule has 0 aliphatic heterocycles. The van der Waals surface area contributed by atoms with Crippen LogP contribution in [0.25, 0.3) is 55.1 Å². The lowest BCUT2D eigenvalue weighted by Crippen LogP contribution is -1.98. The van der Waals surface area contributed by atoms with Crippen molar-refractivity contribution in [2.24, 2.45) is 0 Å². The summed E-state index contributed by atoms with van der Waals surface area (Å²) in [6.45, 7) is 4.45. The zero-order valence-corrected chi connectivity index (χ0v) is 22.1. The first kappa shape index (κ1) is 22.7. The van der Waals surface area contributed by atoms with Gasteiger partial charge in [-0.3, -0.25) is 9.38 Å². The first-order chi connectivity index (χ1) is 19.6. The SMILES string of the molecule is CC(C)c1cccc2c1c1ncc(Oc3cccc(-n4cc5ccccc5n4)c3)cc1c1nc3ccccc3n21. The summed E-state index contributed by atoms with van der Waals surface area (Å²) in [5.74, 6) is 1.72. The van der Waals surface area contributed by atoms with Crippen LogP contribution in [0.3, 0.4) is 0 Å². The van der Waals surface area contributed by atoms with Crippen LogP contribution >= 0.6 is 0 Å². The van der Waals surface area contributed by atoms with Gasteiger partial charge in [0.25, 0.3) is 0 Å². The average Bonchev–Trinajstić information content (AvgIpc) is 3.59. The summed E-state index contributed by atoms with van der Waals surface area (Å²) < 4.78 is 10.5. The van der Waals surface area contributed by atoms with Gasteiger partial charge in [-0.05, 0) is 53.9 Å². The van der Waals surface area contributed by atoms with E-state index in [1.165, 1.54) is 5.56 Å². The lowest BCUT2D eigenvalue weighted by atomic mass is 9.96. The third kappa shape index (κ3) is 3.46. The van der Waals surface area contributed by atoms with Crippen LogP contribution < -0.4 is 4.74 Å². The van der Waals surface area contributed by atoms with Crippen molar-refractivity contribution in [3.05, 3.63) is 115 Å². The highest BCUT2D eigenvalue weighted by Crippen LogP contribution is 2.37. The molecule has 4 aromatic heterocycles. The standard InChI is InChI=1S/C34H25N5O/c1-21(2)26-12-8-16-31-32(26)33-27(34-36-29-14-5-6-15-30(29)39(31)34)18-25(19-35-33)40-24-11-7-10-23(17-24)38-20-22-9-3-4-13-28(22)37-38/h3-21H,1-2H3. The van der Waals surface area contributed by atoms with E-state index in [0.717, 1.165) is 55.1 Å². The molecule has 0 saturated heterocycles. The largest absolute Gasteiger partial charge is 0.456 e. The molecular weight excluding hydrogens is 494 g/mol. The van der Waals surface area contributed by atoms with E-state index in [0.29, 0.717) is 17.4 Å². The topological polar surface area (TPSA) is 57.2 Å². The van der Waals surface area contributed by atoms with Crippen molar-refractivity contribution in [2.75, 3.05) is 0 Å². The zero-order valence-electron chi connectivity index (χ0n) is 22.1. The number of imidazole rings is 1. The highest BCUT2D eigenvalue weighted by molar-refractivity contribution is 6.13. The molecule has 6 nitrogen and oxygen atoms in total. The maximum absolute atomic E-state index is 6.39. The van der Waals surface area contributed by atoms with Gasteiger partial charge in [0.05, 0.1) is 39.5 Å². The lowest BCUT2D eigenvalue weighted by Gasteiger charge is -2.15. The molecule has 0 N–H and O–H groups in total. The third-order valence-corrected chi connectivity index (χ3v) is 7.57. The van der Waals surface area contributed by atoms with Gasteiger partial charge in [-0.1, -0.05) is 62.4 Å². The molecule has 0 atom stereocenters. The van der Waals surface area contributed by atoms with Gasteiger partial charge < -0.3 is 4.74 Å². The fourth-order valence-electron chi connectivity index (χ4n) is 5.73. The summed E-state index contributed by atoms with van der Waals surface area (Å²) in [5.41, 5.74) is 8.11. The van der Waals surface area contributed by atoms with Gasteiger partial charge in [0, 0.05) is 28.4 Å². The molecular formula is C34H25N5O. The second-order valence-electron chi connectivity index (χ2n) is 10.5. The molecule has 0 radical (unpaired) electrons. The van der Waals surface area contributed by atoms with Crippen molar-refractivity contribution >= 4 is 49.4 Å². The Labute approximate surface area is 230 Å². The lowest BCUT2D eigenvalue weighted by molar-refractivity contribution is 0.481. The Morgan fingerprint density at radius 2 is 1.55 bits per heavy atom. The van der Waals surface area contributed by atoms with E-state index in [9.17, 15) is 0 Å². The molecule has 4 heterocycles. The van der Waals surface area contributed by atoms with Crippen LogP contribution in [-0.2, 0) is 0 Å². The molecule has 0 amide bonds. The van der Waals surface area contributed by atoms with Crippen LogP contribution in [0.15, 0.2) is 109 Å². The van der Waals surface area contributed by atoms with E-state index in [1.807, 2.05) is 65.6 Å². The maximum atomic E-state index is 6.39.